The maximum atomic E-state index is 11.0. The van der Waals surface area contributed by atoms with Gasteiger partial charge in [-0.15, -0.1) is 0 Å². The molecule has 2 heterocycles. The largest absolute Gasteiger partial charge is 0.371 e. The molecule has 2 rings (SSSR count). The molecule has 1 aliphatic rings. The first-order valence-electron chi connectivity index (χ1n) is 3.51. The van der Waals surface area contributed by atoms with Gasteiger partial charge in [0.05, 0.1) is 13.2 Å². The Bertz CT molecular complexity index is 310. The summed E-state index contributed by atoms with van der Waals surface area (Å²) in [5, 5.41) is 3.96. The van der Waals surface area contributed by atoms with E-state index >= 15 is 0 Å². The number of ether oxygens (including phenoxy) is 1. The Kier molecular flexibility index (Phi) is 1.32. The number of aromatic nitrogens is 3. The van der Waals surface area contributed by atoms with Gasteiger partial charge in [0.25, 0.3) is 0 Å². The molecule has 60 valence electrons. The van der Waals surface area contributed by atoms with Crippen molar-refractivity contribution in [3.63, 3.8) is 0 Å². The van der Waals surface area contributed by atoms with E-state index in [-0.39, 0.29) is 11.8 Å². The lowest BCUT2D eigenvalue weighted by molar-refractivity contribution is 0.370. The third kappa shape index (κ3) is 1.32. The summed E-state index contributed by atoms with van der Waals surface area (Å²) < 4.78 is 6.36. The highest BCUT2D eigenvalue weighted by molar-refractivity contribution is 4.78. The number of hydrogen-bond acceptors (Lipinski definition) is 3. The van der Waals surface area contributed by atoms with E-state index < -0.39 is 0 Å². The van der Waals surface area contributed by atoms with Gasteiger partial charge in [0.1, 0.15) is 11.9 Å². The molecule has 1 aromatic heterocycles. The zero-order chi connectivity index (χ0) is 7.84. The molecule has 0 aromatic carbocycles. The van der Waals surface area contributed by atoms with Crippen molar-refractivity contribution in [2.45, 2.75) is 19.6 Å². The van der Waals surface area contributed by atoms with Crippen LogP contribution < -0.4 is 5.69 Å². The fourth-order valence-corrected chi connectivity index (χ4v) is 0.961. The van der Waals surface area contributed by atoms with E-state index in [1.165, 1.54) is 4.68 Å². The van der Waals surface area contributed by atoms with Crippen molar-refractivity contribution < 1.29 is 4.74 Å². The van der Waals surface area contributed by atoms with Gasteiger partial charge in [0.2, 0.25) is 0 Å². The molecule has 1 aromatic rings. The van der Waals surface area contributed by atoms with Crippen LogP contribution in [0.3, 0.4) is 0 Å². The summed E-state index contributed by atoms with van der Waals surface area (Å²) in [5.41, 5.74) is -0.155. The number of aromatic amines is 1. The van der Waals surface area contributed by atoms with Crippen molar-refractivity contribution in [3.8, 4) is 0 Å². The van der Waals surface area contributed by atoms with Crippen LogP contribution >= 0.6 is 0 Å². The van der Waals surface area contributed by atoms with Crippen LogP contribution in [0.5, 0.6) is 0 Å². The second-order valence-electron chi connectivity index (χ2n) is 2.65. The number of epoxide rings is 1. The lowest BCUT2D eigenvalue weighted by Crippen LogP contribution is -2.20. The third-order valence-corrected chi connectivity index (χ3v) is 1.57. The van der Waals surface area contributed by atoms with Crippen molar-refractivity contribution in [3.05, 3.63) is 16.3 Å². The Morgan fingerprint density at radius 1 is 1.91 bits per heavy atom. The number of hydrogen-bond donors (Lipinski definition) is 1. The predicted octanol–water partition coefficient (Wildman–Crippen LogP) is -0.721. The molecule has 1 fully saturated rings. The Morgan fingerprint density at radius 3 is 3.09 bits per heavy atom. The topological polar surface area (TPSA) is 63.2 Å². The first-order chi connectivity index (χ1) is 5.25. The molecule has 5 heteroatoms. The lowest BCUT2D eigenvalue weighted by atomic mass is 10.5. The Hall–Kier alpha value is -1.10. The van der Waals surface area contributed by atoms with Crippen LogP contribution in [0.15, 0.2) is 4.79 Å². The quantitative estimate of drug-likeness (QED) is 0.573. The zero-order valence-electron chi connectivity index (χ0n) is 6.20. The Morgan fingerprint density at radius 2 is 2.64 bits per heavy atom. The standard InChI is InChI=1S/C6H9N3O2/c1-4-7-6(10)9(8-4)2-5-3-11-5/h5H,2-3H2,1H3,(H,7,8,10). The van der Waals surface area contributed by atoms with Crippen molar-refractivity contribution >= 4 is 0 Å². The SMILES string of the molecule is Cc1nn(CC2CO2)c(=O)[nH]1. The first kappa shape index (κ1) is 6.60. The molecule has 0 amide bonds. The normalized spacial score (nSPS) is 22.1. The molecule has 1 aliphatic heterocycles. The van der Waals surface area contributed by atoms with E-state index in [1.807, 2.05) is 0 Å². The maximum absolute atomic E-state index is 11.0. The number of aryl methyl sites for hydroxylation is 1. The van der Waals surface area contributed by atoms with E-state index in [4.69, 9.17) is 4.74 Å². The molecule has 1 N–H and O–H groups in total. The summed E-state index contributed by atoms with van der Waals surface area (Å²) in [5.74, 6) is 0.649. The highest BCUT2D eigenvalue weighted by Crippen LogP contribution is 2.09. The van der Waals surface area contributed by atoms with Crippen molar-refractivity contribution in [1.82, 2.24) is 14.8 Å². The van der Waals surface area contributed by atoms with Crippen LogP contribution in [0.1, 0.15) is 5.82 Å². The molecule has 1 saturated heterocycles. The van der Waals surface area contributed by atoms with Gasteiger partial charge in [-0.2, -0.15) is 5.10 Å². The number of nitrogens with one attached hydrogen (secondary N) is 1. The van der Waals surface area contributed by atoms with Gasteiger partial charge in [0, 0.05) is 0 Å². The summed E-state index contributed by atoms with van der Waals surface area (Å²) in [6.45, 7) is 3.08. The molecule has 11 heavy (non-hydrogen) atoms. The molecule has 0 radical (unpaired) electrons. The van der Waals surface area contributed by atoms with Crippen LogP contribution in [0.25, 0.3) is 0 Å². The lowest BCUT2D eigenvalue weighted by Gasteiger charge is -1.91. The monoisotopic (exact) mass is 155 g/mol. The Balaban J connectivity index is 2.21. The minimum atomic E-state index is -0.155. The van der Waals surface area contributed by atoms with E-state index in [0.29, 0.717) is 12.4 Å². The summed E-state index contributed by atoms with van der Waals surface area (Å²) in [6, 6.07) is 0. The average Bonchev–Trinajstić information content (AvgIpc) is 2.64. The highest BCUT2D eigenvalue weighted by atomic mass is 16.6. The van der Waals surface area contributed by atoms with Crippen molar-refractivity contribution in [2.24, 2.45) is 0 Å². The van der Waals surface area contributed by atoms with Crippen LogP contribution in [0, 0.1) is 6.92 Å². The highest BCUT2D eigenvalue weighted by Gasteiger charge is 2.24. The van der Waals surface area contributed by atoms with Crippen LogP contribution in [0.2, 0.25) is 0 Å². The van der Waals surface area contributed by atoms with Gasteiger partial charge >= 0.3 is 5.69 Å². The minimum absolute atomic E-state index is 0.155. The smallest absolute Gasteiger partial charge is 0.343 e. The summed E-state index contributed by atoms with van der Waals surface area (Å²) in [6.07, 6.45) is 0.204. The van der Waals surface area contributed by atoms with Crippen molar-refractivity contribution in [2.75, 3.05) is 6.61 Å². The second-order valence-corrected chi connectivity index (χ2v) is 2.65. The molecule has 0 aliphatic carbocycles. The van der Waals surface area contributed by atoms with Crippen LogP contribution in [0.4, 0.5) is 0 Å². The zero-order valence-corrected chi connectivity index (χ0v) is 6.20. The fraction of sp³-hybridized carbons (Fsp3) is 0.667. The van der Waals surface area contributed by atoms with Gasteiger partial charge in [0.15, 0.2) is 0 Å². The first-order valence-corrected chi connectivity index (χ1v) is 3.51. The molecular weight excluding hydrogens is 146 g/mol. The van der Waals surface area contributed by atoms with E-state index in [2.05, 4.69) is 10.1 Å². The molecule has 1 atom stereocenters. The Labute approximate surface area is 63.0 Å². The molecule has 1 unspecified atom stereocenters. The number of H-pyrrole nitrogens is 1. The molecule has 0 bridgehead atoms. The molecular formula is C6H9N3O2. The van der Waals surface area contributed by atoms with E-state index in [0.717, 1.165) is 6.61 Å². The van der Waals surface area contributed by atoms with E-state index in [9.17, 15) is 4.79 Å². The average molecular weight is 155 g/mol. The van der Waals surface area contributed by atoms with Gasteiger partial charge in [-0.05, 0) is 6.92 Å². The predicted molar refractivity (Wildman–Crippen MR) is 37.3 cm³/mol. The molecule has 0 saturated carbocycles. The maximum Gasteiger partial charge on any atom is 0.343 e. The third-order valence-electron chi connectivity index (χ3n) is 1.57. The fourth-order valence-electron chi connectivity index (χ4n) is 0.961. The van der Waals surface area contributed by atoms with Crippen LogP contribution in [-0.4, -0.2) is 27.5 Å². The summed E-state index contributed by atoms with van der Waals surface area (Å²) in [4.78, 5) is 13.6. The van der Waals surface area contributed by atoms with Gasteiger partial charge in [-0.1, -0.05) is 0 Å². The summed E-state index contributed by atoms with van der Waals surface area (Å²) >= 11 is 0. The second kappa shape index (κ2) is 2.20. The van der Waals surface area contributed by atoms with E-state index in [1.54, 1.807) is 6.92 Å². The minimum Gasteiger partial charge on any atom is -0.371 e. The van der Waals surface area contributed by atoms with Crippen LogP contribution in [-0.2, 0) is 11.3 Å². The number of nitrogens with zero attached hydrogens (tertiary/aromatic N) is 2. The van der Waals surface area contributed by atoms with Gasteiger partial charge in [-0.3, -0.25) is 4.98 Å². The van der Waals surface area contributed by atoms with Crippen molar-refractivity contribution in [1.29, 1.82) is 0 Å². The van der Waals surface area contributed by atoms with Gasteiger partial charge < -0.3 is 4.74 Å². The number of rotatable bonds is 2. The molecule has 5 nitrogen and oxygen atoms in total. The molecule has 0 spiro atoms. The van der Waals surface area contributed by atoms with Gasteiger partial charge in [-0.25, -0.2) is 9.48 Å². The summed E-state index contributed by atoms with van der Waals surface area (Å²) in [7, 11) is 0.